The summed E-state index contributed by atoms with van der Waals surface area (Å²) in [5.41, 5.74) is 1.86. The molecule has 0 saturated heterocycles. The van der Waals surface area contributed by atoms with Crippen LogP contribution in [-0.4, -0.2) is 29.2 Å². The predicted octanol–water partition coefficient (Wildman–Crippen LogP) is 3.70. The van der Waals surface area contributed by atoms with Crippen molar-refractivity contribution in [3.8, 4) is 17.1 Å². The van der Waals surface area contributed by atoms with E-state index in [2.05, 4.69) is 15.5 Å². The predicted molar refractivity (Wildman–Crippen MR) is 102 cm³/mol. The summed E-state index contributed by atoms with van der Waals surface area (Å²) < 4.78 is 23.7. The first-order valence-electron chi connectivity index (χ1n) is 9.15. The Balaban J connectivity index is 1.33. The monoisotopic (exact) mass is 383 g/mol. The van der Waals surface area contributed by atoms with Gasteiger partial charge in [-0.05, 0) is 49.7 Å². The van der Waals surface area contributed by atoms with Crippen molar-refractivity contribution < 1.29 is 18.4 Å². The molecule has 1 N–H and O–H groups in total. The summed E-state index contributed by atoms with van der Waals surface area (Å²) in [6.45, 7) is 2.88. The van der Waals surface area contributed by atoms with Gasteiger partial charge in [0.1, 0.15) is 18.2 Å². The molecule has 0 unspecified atom stereocenters. The summed E-state index contributed by atoms with van der Waals surface area (Å²) in [5.74, 6) is 1.28. The summed E-state index contributed by atoms with van der Waals surface area (Å²) in [5, 5.41) is 6.70. The van der Waals surface area contributed by atoms with Crippen LogP contribution in [0.5, 0.6) is 5.75 Å². The van der Waals surface area contributed by atoms with Crippen molar-refractivity contribution in [2.75, 3.05) is 13.2 Å². The lowest BCUT2D eigenvalue weighted by molar-refractivity contribution is -0.121. The van der Waals surface area contributed by atoms with Crippen molar-refractivity contribution in [3.63, 3.8) is 0 Å². The van der Waals surface area contributed by atoms with Gasteiger partial charge in [0.25, 0.3) is 0 Å². The Morgan fingerprint density at radius 1 is 1.14 bits per heavy atom. The molecule has 0 aliphatic heterocycles. The fraction of sp³-hybridized carbons (Fsp3) is 0.286. The lowest BCUT2D eigenvalue weighted by atomic mass is 10.2. The van der Waals surface area contributed by atoms with Crippen molar-refractivity contribution in [2.24, 2.45) is 0 Å². The standard InChI is InChI=1S/C21H22FN3O3/c1-15-5-11-18(12-6-15)27-14-13-23-19(26)3-2-4-20-24-21(25-28-20)16-7-9-17(22)10-8-16/h5-12H,2-4,13-14H2,1H3,(H,23,26). The molecule has 1 amide bonds. The van der Waals surface area contributed by atoms with E-state index >= 15 is 0 Å². The van der Waals surface area contributed by atoms with Gasteiger partial charge in [-0.25, -0.2) is 4.39 Å². The van der Waals surface area contributed by atoms with Gasteiger partial charge in [-0.1, -0.05) is 22.9 Å². The molecule has 0 aliphatic carbocycles. The molecule has 0 atom stereocenters. The number of amides is 1. The summed E-state index contributed by atoms with van der Waals surface area (Å²) in [4.78, 5) is 16.1. The summed E-state index contributed by atoms with van der Waals surface area (Å²) in [7, 11) is 0. The van der Waals surface area contributed by atoms with E-state index in [1.165, 1.54) is 17.7 Å². The Morgan fingerprint density at radius 2 is 1.89 bits per heavy atom. The number of rotatable bonds is 9. The highest BCUT2D eigenvalue weighted by atomic mass is 19.1. The van der Waals surface area contributed by atoms with Gasteiger partial charge in [-0.15, -0.1) is 0 Å². The van der Waals surface area contributed by atoms with E-state index < -0.39 is 0 Å². The first-order chi connectivity index (χ1) is 13.6. The van der Waals surface area contributed by atoms with Gasteiger partial charge in [0, 0.05) is 18.4 Å². The van der Waals surface area contributed by atoms with Crippen molar-refractivity contribution in [3.05, 3.63) is 65.8 Å². The quantitative estimate of drug-likeness (QED) is 0.570. The van der Waals surface area contributed by atoms with E-state index in [0.717, 1.165) is 5.75 Å². The number of benzene rings is 2. The van der Waals surface area contributed by atoms with Crippen LogP contribution in [0.3, 0.4) is 0 Å². The van der Waals surface area contributed by atoms with E-state index in [4.69, 9.17) is 9.26 Å². The number of aryl methyl sites for hydroxylation is 2. The smallest absolute Gasteiger partial charge is 0.226 e. The Bertz CT molecular complexity index is 892. The van der Waals surface area contributed by atoms with Crippen LogP contribution in [0.1, 0.15) is 24.3 Å². The number of nitrogens with one attached hydrogen (secondary N) is 1. The highest BCUT2D eigenvalue weighted by Gasteiger charge is 2.09. The van der Waals surface area contributed by atoms with Crippen LogP contribution in [-0.2, 0) is 11.2 Å². The molecular weight excluding hydrogens is 361 g/mol. The van der Waals surface area contributed by atoms with Crippen LogP contribution < -0.4 is 10.1 Å². The van der Waals surface area contributed by atoms with E-state index in [1.807, 2.05) is 31.2 Å². The van der Waals surface area contributed by atoms with Crippen molar-refractivity contribution in [2.45, 2.75) is 26.2 Å². The zero-order chi connectivity index (χ0) is 19.8. The largest absolute Gasteiger partial charge is 0.492 e. The zero-order valence-corrected chi connectivity index (χ0v) is 15.7. The number of carbonyl (C=O) groups is 1. The lowest BCUT2D eigenvalue weighted by Gasteiger charge is -2.07. The Hall–Kier alpha value is -3.22. The third kappa shape index (κ3) is 5.90. The van der Waals surface area contributed by atoms with Crippen LogP contribution in [0.25, 0.3) is 11.4 Å². The van der Waals surface area contributed by atoms with E-state index in [9.17, 15) is 9.18 Å². The molecule has 0 fully saturated rings. The second-order valence-corrected chi connectivity index (χ2v) is 6.38. The Kier molecular flexibility index (Phi) is 6.73. The summed E-state index contributed by atoms with van der Waals surface area (Å²) >= 11 is 0. The van der Waals surface area contributed by atoms with Crippen LogP contribution in [0.4, 0.5) is 4.39 Å². The number of hydrogen-bond acceptors (Lipinski definition) is 5. The number of halogens is 1. The van der Waals surface area contributed by atoms with Gasteiger partial charge in [0.2, 0.25) is 17.6 Å². The second kappa shape index (κ2) is 9.64. The van der Waals surface area contributed by atoms with Crippen LogP contribution >= 0.6 is 0 Å². The molecule has 6 nitrogen and oxygen atoms in total. The molecular formula is C21H22FN3O3. The summed E-state index contributed by atoms with van der Waals surface area (Å²) in [6.07, 6.45) is 1.45. The third-order valence-corrected chi connectivity index (χ3v) is 4.08. The highest BCUT2D eigenvalue weighted by molar-refractivity contribution is 5.75. The van der Waals surface area contributed by atoms with Gasteiger partial charge >= 0.3 is 0 Å². The normalized spacial score (nSPS) is 10.6. The maximum Gasteiger partial charge on any atom is 0.226 e. The molecule has 2 aromatic carbocycles. The topological polar surface area (TPSA) is 77.2 Å². The average Bonchev–Trinajstić information content (AvgIpc) is 3.16. The van der Waals surface area contributed by atoms with Gasteiger partial charge in [0.15, 0.2) is 0 Å². The van der Waals surface area contributed by atoms with Gasteiger partial charge in [-0.2, -0.15) is 4.98 Å². The molecule has 0 saturated carbocycles. The molecule has 0 bridgehead atoms. The molecule has 146 valence electrons. The molecule has 1 aromatic heterocycles. The molecule has 0 spiro atoms. The number of hydrogen-bond donors (Lipinski definition) is 1. The fourth-order valence-electron chi connectivity index (χ4n) is 2.56. The maximum absolute atomic E-state index is 13.0. The first kappa shape index (κ1) is 19.5. The molecule has 1 heterocycles. The fourth-order valence-corrected chi connectivity index (χ4v) is 2.56. The third-order valence-electron chi connectivity index (χ3n) is 4.08. The average molecular weight is 383 g/mol. The molecule has 0 aliphatic rings. The number of aromatic nitrogens is 2. The minimum absolute atomic E-state index is 0.0502. The lowest BCUT2D eigenvalue weighted by Crippen LogP contribution is -2.27. The number of carbonyl (C=O) groups excluding carboxylic acids is 1. The molecule has 28 heavy (non-hydrogen) atoms. The zero-order valence-electron chi connectivity index (χ0n) is 15.7. The Morgan fingerprint density at radius 3 is 2.64 bits per heavy atom. The van der Waals surface area contributed by atoms with E-state index in [0.29, 0.717) is 49.7 Å². The van der Waals surface area contributed by atoms with Crippen molar-refractivity contribution in [1.82, 2.24) is 15.5 Å². The molecule has 0 radical (unpaired) electrons. The number of ether oxygens (including phenoxy) is 1. The minimum Gasteiger partial charge on any atom is -0.492 e. The van der Waals surface area contributed by atoms with Crippen LogP contribution in [0, 0.1) is 12.7 Å². The maximum atomic E-state index is 13.0. The van der Waals surface area contributed by atoms with Gasteiger partial charge in [-0.3, -0.25) is 4.79 Å². The van der Waals surface area contributed by atoms with Crippen molar-refractivity contribution in [1.29, 1.82) is 0 Å². The van der Waals surface area contributed by atoms with Gasteiger partial charge in [0.05, 0.1) is 6.54 Å². The first-order valence-corrected chi connectivity index (χ1v) is 9.15. The molecule has 3 rings (SSSR count). The molecule has 7 heteroatoms. The minimum atomic E-state index is -0.317. The van der Waals surface area contributed by atoms with E-state index in [1.54, 1.807) is 12.1 Å². The van der Waals surface area contributed by atoms with E-state index in [-0.39, 0.29) is 11.7 Å². The summed E-state index contributed by atoms with van der Waals surface area (Å²) in [6, 6.07) is 13.6. The molecule has 3 aromatic rings. The van der Waals surface area contributed by atoms with Gasteiger partial charge < -0.3 is 14.6 Å². The van der Waals surface area contributed by atoms with Crippen molar-refractivity contribution >= 4 is 5.91 Å². The van der Waals surface area contributed by atoms with Crippen LogP contribution in [0.2, 0.25) is 0 Å². The second-order valence-electron chi connectivity index (χ2n) is 6.38. The number of nitrogens with zero attached hydrogens (tertiary/aromatic N) is 2. The Labute approximate surface area is 162 Å². The highest BCUT2D eigenvalue weighted by Crippen LogP contribution is 2.17. The SMILES string of the molecule is Cc1ccc(OCCNC(=O)CCCc2nc(-c3ccc(F)cc3)no2)cc1. The van der Waals surface area contributed by atoms with Crippen LogP contribution in [0.15, 0.2) is 53.1 Å².